The number of ether oxygens (including phenoxy) is 1. The quantitative estimate of drug-likeness (QED) is 0.475. The fourth-order valence-corrected chi connectivity index (χ4v) is 3.81. The first-order chi connectivity index (χ1) is 15.3. The van der Waals surface area contributed by atoms with Gasteiger partial charge in [-0.05, 0) is 36.1 Å². The van der Waals surface area contributed by atoms with E-state index in [0.29, 0.717) is 22.9 Å². The van der Waals surface area contributed by atoms with E-state index in [1.807, 2.05) is 44.2 Å². The van der Waals surface area contributed by atoms with Gasteiger partial charge in [0, 0.05) is 17.9 Å². The highest BCUT2D eigenvalue weighted by Crippen LogP contribution is 2.30. The van der Waals surface area contributed by atoms with Gasteiger partial charge in [-0.1, -0.05) is 67.0 Å². The second kappa shape index (κ2) is 10.9. The Balaban J connectivity index is 1.74. The molecule has 1 aliphatic rings. The minimum atomic E-state index is -1.68. The highest BCUT2D eigenvalue weighted by atomic mass is 35.5. The van der Waals surface area contributed by atoms with E-state index in [2.05, 4.69) is 10.5 Å². The fourth-order valence-electron chi connectivity index (χ4n) is 3.63. The molecule has 170 valence electrons. The summed E-state index contributed by atoms with van der Waals surface area (Å²) in [5.74, 6) is -0.507. The number of nitrogens with one attached hydrogen (secondary N) is 1. The number of hydrogen-bond acceptors (Lipinski definition) is 6. The van der Waals surface area contributed by atoms with Crippen LogP contribution in [0.4, 0.5) is 0 Å². The number of oxime groups is 1. The normalized spacial score (nSPS) is 18.6. The van der Waals surface area contributed by atoms with E-state index in [9.17, 15) is 14.8 Å². The summed E-state index contributed by atoms with van der Waals surface area (Å²) < 4.78 is 5.76. The molecule has 9 heteroatoms. The standard InChI is InChI=1S/C23H28BClN2O5/c1-16(2)11-21(24(29)30)26-22(28)23(13-17-7-4-3-5-8-17)14-19(27-32-23)15-31-20-10-6-9-18(25)12-20/h3-10,12,16,21,29-30H,11,13-15H2,1-2H3,(H,26,28)/t21-,23?/m0/s1. The zero-order chi connectivity index (χ0) is 23.1. The predicted octanol–water partition coefficient (Wildman–Crippen LogP) is 3.02. The van der Waals surface area contributed by atoms with Crippen molar-refractivity contribution < 1.29 is 24.4 Å². The summed E-state index contributed by atoms with van der Waals surface area (Å²) in [5.41, 5.74) is 0.166. The zero-order valence-electron chi connectivity index (χ0n) is 18.2. The highest BCUT2D eigenvalue weighted by Gasteiger charge is 2.48. The van der Waals surface area contributed by atoms with Gasteiger partial charge < -0.3 is 24.9 Å². The van der Waals surface area contributed by atoms with Crippen molar-refractivity contribution in [1.82, 2.24) is 5.32 Å². The molecule has 2 aromatic carbocycles. The van der Waals surface area contributed by atoms with Gasteiger partial charge in [-0.2, -0.15) is 0 Å². The first-order valence-corrected chi connectivity index (χ1v) is 11.0. The molecule has 7 nitrogen and oxygen atoms in total. The van der Waals surface area contributed by atoms with Crippen LogP contribution < -0.4 is 10.1 Å². The molecule has 3 rings (SSSR count). The predicted molar refractivity (Wildman–Crippen MR) is 125 cm³/mol. The van der Waals surface area contributed by atoms with Crippen LogP contribution in [0.25, 0.3) is 0 Å². The van der Waals surface area contributed by atoms with Crippen molar-refractivity contribution in [1.29, 1.82) is 0 Å². The average Bonchev–Trinajstić information content (AvgIpc) is 3.16. The average molecular weight is 459 g/mol. The van der Waals surface area contributed by atoms with Crippen molar-refractivity contribution in [3.05, 3.63) is 65.2 Å². The van der Waals surface area contributed by atoms with E-state index in [0.717, 1.165) is 5.56 Å². The Morgan fingerprint density at radius 1 is 1.25 bits per heavy atom. The third-order valence-electron chi connectivity index (χ3n) is 5.19. The van der Waals surface area contributed by atoms with Crippen molar-refractivity contribution >= 4 is 30.3 Å². The molecule has 0 aromatic heterocycles. The molecule has 1 aliphatic heterocycles. The van der Waals surface area contributed by atoms with Crippen molar-refractivity contribution in [3.8, 4) is 5.75 Å². The number of carbonyl (C=O) groups is 1. The molecule has 0 bridgehead atoms. The lowest BCUT2D eigenvalue weighted by atomic mass is 9.74. The van der Waals surface area contributed by atoms with Crippen molar-refractivity contribution in [2.45, 2.75) is 44.7 Å². The molecule has 1 unspecified atom stereocenters. The number of amides is 1. The van der Waals surface area contributed by atoms with E-state index in [4.69, 9.17) is 21.2 Å². The Hall–Kier alpha value is -2.55. The number of carbonyl (C=O) groups excluding carboxylic acids is 1. The Morgan fingerprint density at radius 3 is 2.66 bits per heavy atom. The van der Waals surface area contributed by atoms with Crippen LogP contribution in [0, 0.1) is 5.92 Å². The minimum absolute atomic E-state index is 0.141. The molecule has 0 fully saturated rings. The monoisotopic (exact) mass is 458 g/mol. The summed E-state index contributed by atoms with van der Waals surface area (Å²) in [5, 5.41) is 26.9. The van der Waals surface area contributed by atoms with Crippen LogP contribution in [0.2, 0.25) is 5.02 Å². The molecule has 3 N–H and O–H groups in total. The first-order valence-electron chi connectivity index (χ1n) is 10.6. The molecule has 1 heterocycles. The van der Waals surface area contributed by atoms with Gasteiger partial charge in [-0.25, -0.2) is 0 Å². The summed E-state index contributed by atoms with van der Waals surface area (Å²) in [6.07, 6.45) is 0.903. The molecule has 2 atom stereocenters. The largest absolute Gasteiger partial charge is 0.487 e. The Morgan fingerprint density at radius 2 is 2.00 bits per heavy atom. The summed E-state index contributed by atoms with van der Waals surface area (Å²) in [6.45, 7) is 4.03. The molecular weight excluding hydrogens is 431 g/mol. The number of rotatable bonds is 10. The molecular formula is C23H28BClN2O5. The van der Waals surface area contributed by atoms with Crippen LogP contribution in [0.3, 0.4) is 0 Å². The van der Waals surface area contributed by atoms with Crippen molar-refractivity contribution in [2.24, 2.45) is 11.1 Å². The molecule has 1 amide bonds. The topological polar surface area (TPSA) is 100 Å². The number of nitrogens with zero attached hydrogens (tertiary/aromatic N) is 1. The van der Waals surface area contributed by atoms with Gasteiger partial charge in [-0.15, -0.1) is 0 Å². The van der Waals surface area contributed by atoms with Gasteiger partial charge in [0.25, 0.3) is 5.91 Å². The number of benzene rings is 2. The van der Waals surface area contributed by atoms with Gasteiger partial charge in [-0.3, -0.25) is 4.79 Å². The van der Waals surface area contributed by atoms with Gasteiger partial charge in [0.2, 0.25) is 5.60 Å². The van der Waals surface area contributed by atoms with Crippen LogP contribution in [-0.4, -0.2) is 46.9 Å². The van der Waals surface area contributed by atoms with Crippen LogP contribution in [0.15, 0.2) is 59.8 Å². The highest BCUT2D eigenvalue weighted by molar-refractivity contribution is 6.43. The molecule has 0 saturated carbocycles. The Kier molecular flexibility index (Phi) is 8.18. The summed E-state index contributed by atoms with van der Waals surface area (Å²) in [7, 11) is -1.68. The van der Waals surface area contributed by atoms with Gasteiger partial charge in [0.05, 0.1) is 11.7 Å². The minimum Gasteiger partial charge on any atom is -0.487 e. The summed E-state index contributed by atoms with van der Waals surface area (Å²) in [4.78, 5) is 19.1. The van der Waals surface area contributed by atoms with Crippen LogP contribution in [0.1, 0.15) is 32.3 Å². The van der Waals surface area contributed by atoms with Crippen molar-refractivity contribution in [3.63, 3.8) is 0 Å². The second-order valence-corrected chi connectivity index (χ2v) is 8.89. The Labute approximate surface area is 193 Å². The SMILES string of the molecule is CC(C)C[C@H](NC(=O)C1(Cc2ccccc2)CC(COc2cccc(Cl)c2)=NO1)B(O)O. The summed E-state index contributed by atoms with van der Waals surface area (Å²) in [6, 6.07) is 16.5. The van der Waals surface area contributed by atoms with E-state index in [1.54, 1.807) is 24.3 Å². The van der Waals surface area contributed by atoms with Crippen LogP contribution >= 0.6 is 11.6 Å². The second-order valence-electron chi connectivity index (χ2n) is 8.45. The molecule has 0 spiro atoms. The zero-order valence-corrected chi connectivity index (χ0v) is 19.0. The fraction of sp³-hybridized carbons (Fsp3) is 0.391. The lowest BCUT2D eigenvalue weighted by molar-refractivity contribution is -0.144. The third-order valence-corrected chi connectivity index (χ3v) is 5.42. The van der Waals surface area contributed by atoms with E-state index in [1.165, 1.54) is 0 Å². The van der Waals surface area contributed by atoms with E-state index >= 15 is 0 Å². The van der Waals surface area contributed by atoms with E-state index in [-0.39, 0.29) is 25.4 Å². The first kappa shape index (κ1) is 24.1. The van der Waals surface area contributed by atoms with Crippen LogP contribution in [0.5, 0.6) is 5.75 Å². The molecule has 32 heavy (non-hydrogen) atoms. The number of halogens is 1. The summed E-state index contributed by atoms with van der Waals surface area (Å²) >= 11 is 6.00. The van der Waals surface area contributed by atoms with Gasteiger partial charge in [0.15, 0.2) is 0 Å². The van der Waals surface area contributed by atoms with Gasteiger partial charge >= 0.3 is 7.12 Å². The van der Waals surface area contributed by atoms with Gasteiger partial charge in [0.1, 0.15) is 12.4 Å². The molecule has 0 aliphatic carbocycles. The third kappa shape index (κ3) is 6.48. The molecule has 0 radical (unpaired) electrons. The lowest BCUT2D eigenvalue weighted by Crippen LogP contribution is -2.56. The van der Waals surface area contributed by atoms with Crippen LogP contribution in [-0.2, 0) is 16.1 Å². The van der Waals surface area contributed by atoms with E-state index < -0.39 is 24.6 Å². The lowest BCUT2D eigenvalue weighted by Gasteiger charge is -2.29. The Bertz CT molecular complexity index is 941. The number of hydrogen-bond donors (Lipinski definition) is 3. The molecule has 2 aromatic rings. The maximum Gasteiger partial charge on any atom is 0.475 e. The smallest absolute Gasteiger partial charge is 0.475 e. The molecule has 0 saturated heterocycles. The maximum absolute atomic E-state index is 13.3. The maximum atomic E-state index is 13.3. The van der Waals surface area contributed by atoms with Crippen molar-refractivity contribution in [2.75, 3.05) is 6.61 Å².